The molecule has 1 atom stereocenters. The van der Waals surface area contributed by atoms with Crippen molar-refractivity contribution < 1.29 is 19.8 Å². The molecular formula is C12H16N2O4. The predicted octanol–water partition coefficient (Wildman–Crippen LogP) is 1.62. The zero-order valence-corrected chi connectivity index (χ0v) is 10.2. The number of carbonyl (C=O) groups is 2. The summed E-state index contributed by atoms with van der Waals surface area (Å²) in [4.78, 5) is 22.5. The highest BCUT2D eigenvalue weighted by Crippen LogP contribution is 2.21. The largest absolute Gasteiger partial charge is 0.506 e. The summed E-state index contributed by atoms with van der Waals surface area (Å²) in [5.74, 6) is -1.42. The van der Waals surface area contributed by atoms with Crippen molar-refractivity contribution in [3.63, 3.8) is 0 Å². The number of urea groups is 1. The monoisotopic (exact) mass is 252 g/mol. The SMILES string of the molecule is CC(C)C(NC(=O)Nc1ccccc1O)C(=O)O. The Labute approximate surface area is 105 Å². The maximum absolute atomic E-state index is 11.6. The van der Waals surface area contributed by atoms with Gasteiger partial charge in [0, 0.05) is 0 Å². The molecule has 2 amide bonds. The lowest BCUT2D eigenvalue weighted by molar-refractivity contribution is -0.140. The lowest BCUT2D eigenvalue weighted by atomic mass is 10.1. The summed E-state index contributed by atoms with van der Waals surface area (Å²) < 4.78 is 0. The van der Waals surface area contributed by atoms with E-state index in [-0.39, 0.29) is 17.4 Å². The molecule has 0 aliphatic carbocycles. The van der Waals surface area contributed by atoms with Gasteiger partial charge in [-0.3, -0.25) is 0 Å². The average Bonchev–Trinajstić information content (AvgIpc) is 2.28. The zero-order chi connectivity index (χ0) is 13.7. The van der Waals surface area contributed by atoms with Gasteiger partial charge in [0.15, 0.2) is 0 Å². The van der Waals surface area contributed by atoms with Gasteiger partial charge in [0.1, 0.15) is 11.8 Å². The van der Waals surface area contributed by atoms with Crippen LogP contribution >= 0.6 is 0 Å². The molecule has 0 bridgehead atoms. The van der Waals surface area contributed by atoms with Gasteiger partial charge >= 0.3 is 12.0 Å². The van der Waals surface area contributed by atoms with Crippen molar-refractivity contribution in [2.75, 3.05) is 5.32 Å². The van der Waals surface area contributed by atoms with Crippen LogP contribution in [0, 0.1) is 5.92 Å². The summed E-state index contributed by atoms with van der Waals surface area (Å²) in [6.45, 7) is 3.39. The van der Waals surface area contributed by atoms with E-state index in [2.05, 4.69) is 10.6 Å². The summed E-state index contributed by atoms with van der Waals surface area (Å²) in [5, 5.41) is 23.1. The molecule has 1 rings (SSSR count). The fourth-order valence-electron chi connectivity index (χ4n) is 1.39. The summed E-state index contributed by atoms with van der Waals surface area (Å²) in [6.07, 6.45) is 0. The van der Waals surface area contributed by atoms with E-state index in [0.29, 0.717) is 0 Å². The Bertz CT molecular complexity index is 445. The fraction of sp³-hybridized carbons (Fsp3) is 0.333. The second-order valence-corrected chi connectivity index (χ2v) is 4.18. The van der Waals surface area contributed by atoms with Crippen molar-refractivity contribution in [3.8, 4) is 5.75 Å². The van der Waals surface area contributed by atoms with Gasteiger partial charge in [-0.1, -0.05) is 26.0 Å². The molecule has 1 unspecified atom stereocenters. The second kappa shape index (κ2) is 5.90. The van der Waals surface area contributed by atoms with Gasteiger partial charge in [-0.2, -0.15) is 0 Å². The number of hydrogen-bond acceptors (Lipinski definition) is 3. The molecule has 1 aromatic rings. The van der Waals surface area contributed by atoms with Crippen molar-refractivity contribution in [1.82, 2.24) is 5.32 Å². The molecule has 0 aliphatic rings. The van der Waals surface area contributed by atoms with E-state index in [1.165, 1.54) is 12.1 Å². The smallest absolute Gasteiger partial charge is 0.326 e. The molecule has 0 radical (unpaired) electrons. The van der Waals surface area contributed by atoms with Crippen LogP contribution in [0.5, 0.6) is 5.75 Å². The van der Waals surface area contributed by atoms with Crippen LogP contribution in [0.15, 0.2) is 24.3 Å². The highest BCUT2D eigenvalue weighted by molar-refractivity contribution is 5.93. The molecule has 0 aliphatic heterocycles. The van der Waals surface area contributed by atoms with Crippen molar-refractivity contribution in [1.29, 1.82) is 0 Å². The molecule has 1 aromatic carbocycles. The summed E-state index contributed by atoms with van der Waals surface area (Å²) >= 11 is 0. The molecule has 0 fully saturated rings. The fourth-order valence-corrected chi connectivity index (χ4v) is 1.39. The van der Waals surface area contributed by atoms with Gasteiger partial charge in [0.25, 0.3) is 0 Å². The second-order valence-electron chi connectivity index (χ2n) is 4.18. The van der Waals surface area contributed by atoms with Gasteiger partial charge in [0.05, 0.1) is 5.69 Å². The lowest BCUT2D eigenvalue weighted by Gasteiger charge is -2.18. The molecule has 0 heterocycles. The number of phenols is 1. The van der Waals surface area contributed by atoms with Crippen LogP contribution in [0.1, 0.15) is 13.8 Å². The maximum atomic E-state index is 11.6. The number of nitrogens with one attached hydrogen (secondary N) is 2. The molecule has 0 aromatic heterocycles. The Kier molecular flexibility index (Phi) is 4.53. The van der Waals surface area contributed by atoms with Crippen LogP contribution in [0.3, 0.4) is 0 Å². The van der Waals surface area contributed by atoms with E-state index in [1.807, 2.05) is 0 Å². The maximum Gasteiger partial charge on any atom is 0.326 e. The van der Waals surface area contributed by atoms with Crippen LogP contribution in [0.4, 0.5) is 10.5 Å². The minimum atomic E-state index is -1.10. The number of amides is 2. The third-order valence-electron chi connectivity index (χ3n) is 2.37. The molecular weight excluding hydrogens is 236 g/mol. The normalized spacial score (nSPS) is 11.9. The summed E-state index contributed by atoms with van der Waals surface area (Å²) in [6, 6.07) is 4.56. The van der Waals surface area contributed by atoms with E-state index in [0.717, 1.165) is 0 Å². The number of carboxylic acid groups (broad SMARTS) is 1. The third-order valence-corrected chi connectivity index (χ3v) is 2.37. The highest BCUT2D eigenvalue weighted by atomic mass is 16.4. The Morgan fingerprint density at radius 3 is 2.33 bits per heavy atom. The van der Waals surface area contributed by atoms with E-state index in [9.17, 15) is 14.7 Å². The van der Waals surface area contributed by atoms with Crippen LogP contribution in [0.25, 0.3) is 0 Å². The van der Waals surface area contributed by atoms with Crippen molar-refractivity contribution in [2.24, 2.45) is 5.92 Å². The van der Waals surface area contributed by atoms with Crippen molar-refractivity contribution in [2.45, 2.75) is 19.9 Å². The number of aliphatic carboxylic acids is 1. The minimum absolute atomic E-state index is 0.0796. The molecule has 0 spiro atoms. The van der Waals surface area contributed by atoms with Gasteiger partial charge < -0.3 is 20.8 Å². The molecule has 98 valence electrons. The molecule has 0 saturated heterocycles. The number of benzene rings is 1. The van der Waals surface area contributed by atoms with Crippen LogP contribution in [-0.2, 0) is 4.79 Å². The molecule has 6 heteroatoms. The third kappa shape index (κ3) is 3.65. The Morgan fingerprint density at radius 1 is 1.22 bits per heavy atom. The lowest BCUT2D eigenvalue weighted by Crippen LogP contribution is -2.46. The number of rotatable bonds is 4. The quantitative estimate of drug-likeness (QED) is 0.612. The van der Waals surface area contributed by atoms with Crippen molar-refractivity contribution in [3.05, 3.63) is 24.3 Å². The van der Waals surface area contributed by atoms with Crippen LogP contribution in [0.2, 0.25) is 0 Å². The van der Waals surface area contributed by atoms with Gasteiger partial charge in [0.2, 0.25) is 0 Å². The van der Waals surface area contributed by atoms with Crippen LogP contribution in [-0.4, -0.2) is 28.3 Å². The van der Waals surface area contributed by atoms with E-state index in [1.54, 1.807) is 26.0 Å². The average molecular weight is 252 g/mol. The predicted molar refractivity (Wildman–Crippen MR) is 66.5 cm³/mol. The summed E-state index contributed by atoms with van der Waals surface area (Å²) in [5.41, 5.74) is 0.225. The van der Waals surface area contributed by atoms with E-state index in [4.69, 9.17) is 5.11 Å². The first-order valence-corrected chi connectivity index (χ1v) is 5.50. The number of anilines is 1. The Morgan fingerprint density at radius 2 is 1.83 bits per heavy atom. The number of hydrogen-bond donors (Lipinski definition) is 4. The van der Waals surface area contributed by atoms with Gasteiger partial charge in [-0.05, 0) is 18.1 Å². The van der Waals surface area contributed by atoms with E-state index >= 15 is 0 Å². The van der Waals surface area contributed by atoms with Crippen molar-refractivity contribution >= 4 is 17.7 Å². The topological polar surface area (TPSA) is 98.7 Å². The molecule has 6 nitrogen and oxygen atoms in total. The number of phenolic OH excluding ortho intramolecular Hbond substituents is 1. The molecule has 18 heavy (non-hydrogen) atoms. The highest BCUT2D eigenvalue weighted by Gasteiger charge is 2.23. The molecule has 0 saturated carbocycles. The first-order chi connectivity index (χ1) is 8.41. The van der Waals surface area contributed by atoms with Gasteiger partial charge in [-0.25, -0.2) is 9.59 Å². The Balaban J connectivity index is 2.67. The van der Waals surface area contributed by atoms with E-state index < -0.39 is 18.0 Å². The first kappa shape index (κ1) is 13.8. The summed E-state index contributed by atoms with van der Waals surface area (Å²) in [7, 11) is 0. The Hall–Kier alpha value is -2.24. The van der Waals surface area contributed by atoms with Crippen LogP contribution < -0.4 is 10.6 Å². The zero-order valence-electron chi connectivity index (χ0n) is 10.2. The number of carbonyl (C=O) groups excluding carboxylic acids is 1. The van der Waals surface area contributed by atoms with Gasteiger partial charge in [-0.15, -0.1) is 0 Å². The minimum Gasteiger partial charge on any atom is -0.506 e. The molecule has 4 N–H and O–H groups in total. The standard InChI is InChI=1S/C12H16N2O4/c1-7(2)10(11(16)17)14-12(18)13-8-5-3-4-6-9(8)15/h3-7,10,15H,1-2H3,(H,16,17)(H2,13,14,18). The number of aromatic hydroxyl groups is 1. The first-order valence-electron chi connectivity index (χ1n) is 5.50. The number of para-hydroxylation sites is 2. The number of carboxylic acids is 1.